The van der Waals surface area contributed by atoms with Gasteiger partial charge in [-0.3, -0.25) is 0 Å². The Balaban J connectivity index is 2.14. The minimum Gasteiger partial charge on any atom is -0.478 e. The molecule has 1 aliphatic heterocycles. The van der Waals surface area contributed by atoms with Crippen LogP contribution in [-0.4, -0.2) is 36.4 Å². The van der Waals surface area contributed by atoms with Gasteiger partial charge in [0.1, 0.15) is 0 Å². The standard InChI is InChI=1S/C13H17NO3/c1-13(2)9-14(7-8-17-13)11-5-3-10(4-6-11)12(15)16/h3-6H,7-9H2,1-2H3,(H,15,16). The summed E-state index contributed by atoms with van der Waals surface area (Å²) in [5, 5.41) is 8.84. The lowest BCUT2D eigenvalue weighted by atomic mass is 10.1. The molecule has 0 bridgehead atoms. The molecule has 92 valence electrons. The van der Waals surface area contributed by atoms with E-state index >= 15 is 0 Å². The average molecular weight is 235 g/mol. The number of ether oxygens (including phenoxy) is 1. The van der Waals surface area contributed by atoms with Crippen LogP contribution in [0.5, 0.6) is 0 Å². The predicted molar refractivity (Wildman–Crippen MR) is 65.6 cm³/mol. The molecule has 2 rings (SSSR count). The van der Waals surface area contributed by atoms with E-state index in [-0.39, 0.29) is 5.60 Å². The maximum atomic E-state index is 10.8. The fourth-order valence-corrected chi connectivity index (χ4v) is 2.05. The summed E-state index contributed by atoms with van der Waals surface area (Å²) in [6.45, 7) is 6.48. The summed E-state index contributed by atoms with van der Waals surface area (Å²) < 4.78 is 5.64. The van der Waals surface area contributed by atoms with Crippen LogP contribution in [0.4, 0.5) is 5.69 Å². The van der Waals surface area contributed by atoms with Crippen molar-refractivity contribution in [2.45, 2.75) is 19.4 Å². The van der Waals surface area contributed by atoms with Gasteiger partial charge in [0, 0.05) is 18.8 Å². The fraction of sp³-hybridized carbons (Fsp3) is 0.462. The van der Waals surface area contributed by atoms with Crippen molar-refractivity contribution >= 4 is 11.7 Å². The summed E-state index contributed by atoms with van der Waals surface area (Å²) >= 11 is 0. The van der Waals surface area contributed by atoms with Gasteiger partial charge in [-0.2, -0.15) is 0 Å². The summed E-state index contributed by atoms with van der Waals surface area (Å²) in [6.07, 6.45) is 0. The Hall–Kier alpha value is -1.55. The van der Waals surface area contributed by atoms with Crippen LogP contribution in [0, 0.1) is 0 Å². The zero-order valence-electron chi connectivity index (χ0n) is 10.1. The van der Waals surface area contributed by atoms with Gasteiger partial charge in [0.05, 0.1) is 17.8 Å². The molecule has 1 saturated heterocycles. The number of carbonyl (C=O) groups is 1. The van der Waals surface area contributed by atoms with Gasteiger partial charge in [0.2, 0.25) is 0 Å². The topological polar surface area (TPSA) is 49.8 Å². The number of nitrogens with zero attached hydrogens (tertiary/aromatic N) is 1. The highest BCUT2D eigenvalue weighted by Crippen LogP contribution is 2.23. The first-order valence-corrected chi connectivity index (χ1v) is 5.70. The maximum Gasteiger partial charge on any atom is 0.335 e. The van der Waals surface area contributed by atoms with E-state index in [1.165, 1.54) is 0 Å². The van der Waals surface area contributed by atoms with E-state index in [4.69, 9.17) is 9.84 Å². The summed E-state index contributed by atoms with van der Waals surface area (Å²) in [6, 6.07) is 6.98. The van der Waals surface area contributed by atoms with Crippen LogP contribution in [0.25, 0.3) is 0 Å². The Morgan fingerprint density at radius 3 is 2.53 bits per heavy atom. The van der Waals surface area contributed by atoms with Crippen molar-refractivity contribution in [2.75, 3.05) is 24.6 Å². The van der Waals surface area contributed by atoms with Gasteiger partial charge in [-0.25, -0.2) is 4.79 Å². The van der Waals surface area contributed by atoms with Crippen LogP contribution >= 0.6 is 0 Å². The fourth-order valence-electron chi connectivity index (χ4n) is 2.05. The van der Waals surface area contributed by atoms with Gasteiger partial charge in [0.25, 0.3) is 0 Å². The lowest BCUT2D eigenvalue weighted by Gasteiger charge is -2.39. The zero-order chi connectivity index (χ0) is 12.5. The minimum absolute atomic E-state index is 0.149. The molecule has 1 N–H and O–H groups in total. The molecule has 4 nitrogen and oxygen atoms in total. The van der Waals surface area contributed by atoms with Gasteiger partial charge in [-0.05, 0) is 38.1 Å². The highest BCUT2D eigenvalue weighted by Gasteiger charge is 2.27. The van der Waals surface area contributed by atoms with Crippen LogP contribution < -0.4 is 4.90 Å². The van der Waals surface area contributed by atoms with Crippen LogP contribution in [0.3, 0.4) is 0 Å². The van der Waals surface area contributed by atoms with Crippen molar-refractivity contribution in [3.05, 3.63) is 29.8 Å². The summed E-state index contributed by atoms with van der Waals surface area (Å²) in [7, 11) is 0. The number of rotatable bonds is 2. The SMILES string of the molecule is CC1(C)CN(c2ccc(C(=O)O)cc2)CCO1. The minimum atomic E-state index is -0.890. The number of hydrogen-bond acceptors (Lipinski definition) is 3. The second kappa shape index (κ2) is 4.37. The lowest BCUT2D eigenvalue weighted by Crippen LogP contribution is -2.48. The zero-order valence-corrected chi connectivity index (χ0v) is 10.1. The van der Waals surface area contributed by atoms with E-state index < -0.39 is 5.97 Å². The first-order valence-electron chi connectivity index (χ1n) is 5.70. The Bertz CT molecular complexity index is 411. The third-order valence-corrected chi connectivity index (χ3v) is 2.91. The van der Waals surface area contributed by atoms with Crippen LogP contribution in [0.15, 0.2) is 24.3 Å². The van der Waals surface area contributed by atoms with E-state index in [9.17, 15) is 4.79 Å². The highest BCUT2D eigenvalue weighted by molar-refractivity contribution is 5.88. The molecular weight excluding hydrogens is 218 g/mol. The number of hydrogen-bond donors (Lipinski definition) is 1. The van der Waals surface area contributed by atoms with Crippen molar-refractivity contribution in [1.82, 2.24) is 0 Å². The molecule has 17 heavy (non-hydrogen) atoms. The number of aromatic carboxylic acids is 1. The van der Waals surface area contributed by atoms with Gasteiger partial charge in [-0.15, -0.1) is 0 Å². The number of carboxylic acid groups (broad SMARTS) is 1. The Labute approximate surface area is 101 Å². The summed E-state index contributed by atoms with van der Waals surface area (Å²) in [4.78, 5) is 13.0. The molecule has 0 spiro atoms. The van der Waals surface area contributed by atoms with E-state index in [0.717, 1.165) is 18.8 Å². The molecule has 1 fully saturated rings. The van der Waals surface area contributed by atoms with Crippen molar-refractivity contribution in [2.24, 2.45) is 0 Å². The molecule has 4 heteroatoms. The Morgan fingerprint density at radius 2 is 2.00 bits per heavy atom. The van der Waals surface area contributed by atoms with Crippen molar-refractivity contribution in [3.8, 4) is 0 Å². The Morgan fingerprint density at radius 1 is 1.35 bits per heavy atom. The second-order valence-electron chi connectivity index (χ2n) is 4.88. The quantitative estimate of drug-likeness (QED) is 0.851. The molecule has 1 heterocycles. The number of morpholine rings is 1. The average Bonchev–Trinajstić information content (AvgIpc) is 2.28. The summed E-state index contributed by atoms with van der Waals surface area (Å²) in [5.74, 6) is -0.890. The third-order valence-electron chi connectivity index (χ3n) is 2.91. The van der Waals surface area contributed by atoms with Gasteiger partial charge >= 0.3 is 5.97 Å². The first-order chi connectivity index (χ1) is 7.98. The molecule has 1 aromatic carbocycles. The van der Waals surface area contributed by atoms with Gasteiger partial charge in [-0.1, -0.05) is 0 Å². The molecule has 0 aromatic heterocycles. The van der Waals surface area contributed by atoms with Gasteiger partial charge in [0.15, 0.2) is 0 Å². The maximum absolute atomic E-state index is 10.8. The smallest absolute Gasteiger partial charge is 0.335 e. The molecule has 0 saturated carbocycles. The second-order valence-corrected chi connectivity index (χ2v) is 4.88. The van der Waals surface area contributed by atoms with E-state index in [2.05, 4.69) is 18.7 Å². The van der Waals surface area contributed by atoms with Crippen LogP contribution in [-0.2, 0) is 4.74 Å². The molecule has 0 unspecified atom stereocenters. The van der Waals surface area contributed by atoms with E-state index in [0.29, 0.717) is 12.2 Å². The third kappa shape index (κ3) is 2.77. The monoisotopic (exact) mass is 235 g/mol. The van der Waals surface area contributed by atoms with Crippen molar-refractivity contribution in [1.29, 1.82) is 0 Å². The largest absolute Gasteiger partial charge is 0.478 e. The molecule has 0 radical (unpaired) electrons. The van der Waals surface area contributed by atoms with Crippen LogP contribution in [0.1, 0.15) is 24.2 Å². The predicted octanol–water partition coefficient (Wildman–Crippen LogP) is 2.00. The molecule has 0 atom stereocenters. The first kappa shape index (κ1) is 11.9. The Kier molecular flexibility index (Phi) is 3.07. The van der Waals surface area contributed by atoms with Crippen molar-refractivity contribution in [3.63, 3.8) is 0 Å². The molecular formula is C13H17NO3. The summed E-state index contributed by atoms with van der Waals surface area (Å²) in [5.41, 5.74) is 1.22. The van der Waals surface area contributed by atoms with Crippen molar-refractivity contribution < 1.29 is 14.6 Å². The molecule has 0 aliphatic carbocycles. The molecule has 0 amide bonds. The van der Waals surface area contributed by atoms with Crippen LogP contribution in [0.2, 0.25) is 0 Å². The lowest BCUT2D eigenvalue weighted by molar-refractivity contribution is -0.0276. The van der Waals surface area contributed by atoms with Gasteiger partial charge < -0.3 is 14.7 Å². The molecule has 1 aromatic rings. The highest BCUT2D eigenvalue weighted by atomic mass is 16.5. The number of anilines is 1. The molecule has 1 aliphatic rings. The normalized spacial score (nSPS) is 19.1. The number of carboxylic acids is 1. The van der Waals surface area contributed by atoms with E-state index in [1.807, 2.05) is 12.1 Å². The number of benzene rings is 1. The van der Waals surface area contributed by atoms with E-state index in [1.54, 1.807) is 12.1 Å².